The molecule has 6 nitrogen and oxygen atoms in total. The Labute approximate surface area is 193 Å². The van der Waals surface area contributed by atoms with Crippen LogP contribution in [0, 0.1) is 0 Å². The number of benzene rings is 3. The normalized spacial score (nSPS) is 14.1. The Kier molecular flexibility index (Phi) is 6.67. The van der Waals surface area contributed by atoms with Crippen molar-refractivity contribution in [1.29, 1.82) is 0 Å². The number of rotatable bonds is 6. The summed E-state index contributed by atoms with van der Waals surface area (Å²) >= 11 is 6.23. The summed E-state index contributed by atoms with van der Waals surface area (Å²) in [5, 5.41) is 3.06. The molecule has 1 aliphatic rings. The molecule has 1 heterocycles. The lowest BCUT2D eigenvalue weighted by Gasteiger charge is -2.28. The fourth-order valence-corrected chi connectivity index (χ4v) is 4.96. The minimum Gasteiger partial charge on any atom is -0.372 e. The Morgan fingerprint density at radius 1 is 0.844 bits per heavy atom. The van der Waals surface area contributed by atoms with Crippen molar-refractivity contribution in [2.45, 2.75) is 24.2 Å². The number of amides is 1. The average molecular weight is 470 g/mol. The van der Waals surface area contributed by atoms with Crippen LogP contribution in [0.1, 0.15) is 29.6 Å². The quantitative estimate of drug-likeness (QED) is 0.507. The summed E-state index contributed by atoms with van der Waals surface area (Å²) < 4.78 is 27.6. The van der Waals surface area contributed by atoms with Crippen molar-refractivity contribution in [3.8, 4) is 0 Å². The molecule has 1 amide bonds. The first-order valence-electron chi connectivity index (χ1n) is 10.5. The second-order valence-corrected chi connectivity index (χ2v) is 9.75. The standard InChI is InChI=1S/C24H24ClN3O3S/c25-23-14-11-19(27-32(30,31)21-7-3-1-4-8-21)17-22(23)24(29)26-18-9-12-20(13-10-18)28-15-5-2-6-16-28/h1,3-4,7-14,17,27H,2,5-6,15-16H2,(H,26,29). The van der Waals surface area contributed by atoms with Crippen LogP contribution in [0.5, 0.6) is 0 Å². The largest absolute Gasteiger partial charge is 0.372 e. The minimum absolute atomic E-state index is 0.134. The van der Waals surface area contributed by atoms with E-state index in [1.807, 2.05) is 24.3 Å². The van der Waals surface area contributed by atoms with Gasteiger partial charge in [0.15, 0.2) is 0 Å². The summed E-state index contributed by atoms with van der Waals surface area (Å²) in [6.07, 6.45) is 3.66. The maximum Gasteiger partial charge on any atom is 0.261 e. The maximum absolute atomic E-state index is 12.8. The summed E-state index contributed by atoms with van der Waals surface area (Å²) in [6.45, 7) is 2.10. The van der Waals surface area contributed by atoms with Gasteiger partial charge in [-0.1, -0.05) is 29.8 Å². The predicted octanol–water partition coefficient (Wildman–Crippen LogP) is 5.38. The van der Waals surface area contributed by atoms with Crippen LogP contribution < -0.4 is 14.9 Å². The zero-order valence-electron chi connectivity index (χ0n) is 17.4. The molecular weight excluding hydrogens is 446 g/mol. The molecule has 0 unspecified atom stereocenters. The molecular formula is C24H24ClN3O3S. The fraction of sp³-hybridized carbons (Fsp3) is 0.208. The molecule has 166 valence electrons. The summed E-state index contributed by atoms with van der Waals surface area (Å²) in [5.74, 6) is -0.415. The van der Waals surface area contributed by atoms with Crippen molar-refractivity contribution in [3.63, 3.8) is 0 Å². The minimum atomic E-state index is -3.77. The highest BCUT2D eigenvalue weighted by molar-refractivity contribution is 7.92. The zero-order chi connectivity index (χ0) is 22.6. The van der Waals surface area contributed by atoms with E-state index >= 15 is 0 Å². The van der Waals surface area contributed by atoms with Crippen LogP contribution in [-0.2, 0) is 10.0 Å². The van der Waals surface area contributed by atoms with Crippen LogP contribution in [0.15, 0.2) is 77.7 Å². The number of carbonyl (C=O) groups is 1. The van der Waals surface area contributed by atoms with Crippen LogP contribution >= 0.6 is 11.6 Å². The van der Waals surface area contributed by atoms with Gasteiger partial charge >= 0.3 is 0 Å². The first-order chi connectivity index (χ1) is 15.4. The maximum atomic E-state index is 12.8. The second-order valence-electron chi connectivity index (χ2n) is 7.66. The molecule has 4 rings (SSSR count). The summed E-state index contributed by atoms with van der Waals surface area (Å²) in [5.41, 5.74) is 2.21. The van der Waals surface area contributed by atoms with E-state index in [2.05, 4.69) is 14.9 Å². The molecule has 3 aromatic rings. The van der Waals surface area contributed by atoms with E-state index in [0.29, 0.717) is 5.69 Å². The van der Waals surface area contributed by atoms with Gasteiger partial charge in [-0.15, -0.1) is 0 Å². The number of sulfonamides is 1. The highest BCUT2D eigenvalue weighted by Crippen LogP contribution is 2.25. The Morgan fingerprint density at radius 2 is 1.50 bits per heavy atom. The van der Waals surface area contributed by atoms with E-state index in [-0.39, 0.29) is 21.2 Å². The van der Waals surface area contributed by atoms with Crippen LogP contribution in [-0.4, -0.2) is 27.4 Å². The number of piperidine rings is 1. The van der Waals surface area contributed by atoms with Crippen molar-refractivity contribution >= 4 is 44.6 Å². The van der Waals surface area contributed by atoms with Crippen molar-refractivity contribution in [2.75, 3.05) is 28.0 Å². The van der Waals surface area contributed by atoms with Crippen LogP contribution in [0.2, 0.25) is 5.02 Å². The number of hydrogen-bond acceptors (Lipinski definition) is 4. The lowest BCUT2D eigenvalue weighted by molar-refractivity contribution is 0.102. The number of hydrogen-bond donors (Lipinski definition) is 2. The molecule has 0 radical (unpaired) electrons. The fourth-order valence-electron chi connectivity index (χ4n) is 3.68. The number of halogens is 1. The number of nitrogens with one attached hydrogen (secondary N) is 2. The first kappa shape index (κ1) is 22.2. The van der Waals surface area contributed by atoms with E-state index < -0.39 is 15.9 Å². The van der Waals surface area contributed by atoms with E-state index in [0.717, 1.165) is 18.8 Å². The van der Waals surface area contributed by atoms with Gasteiger partial charge in [0.2, 0.25) is 0 Å². The molecule has 0 aliphatic carbocycles. The van der Waals surface area contributed by atoms with Gasteiger partial charge < -0.3 is 10.2 Å². The Hall–Kier alpha value is -3.03. The lowest BCUT2D eigenvalue weighted by atomic mass is 10.1. The SMILES string of the molecule is O=C(Nc1ccc(N2CCCCC2)cc1)c1cc(NS(=O)(=O)c2ccccc2)ccc1Cl. The van der Waals surface area contributed by atoms with Crippen molar-refractivity contribution in [1.82, 2.24) is 0 Å². The smallest absolute Gasteiger partial charge is 0.261 e. The van der Waals surface area contributed by atoms with Crippen molar-refractivity contribution in [3.05, 3.63) is 83.4 Å². The third-order valence-electron chi connectivity index (χ3n) is 5.36. The summed E-state index contributed by atoms with van der Waals surface area (Å²) in [4.78, 5) is 15.3. The Morgan fingerprint density at radius 3 is 2.19 bits per heavy atom. The Bertz CT molecular complexity index is 1190. The Balaban J connectivity index is 1.48. The predicted molar refractivity (Wildman–Crippen MR) is 129 cm³/mol. The molecule has 1 fully saturated rings. The van der Waals surface area contributed by atoms with Crippen molar-refractivity contribution in [2.24, 2.45) is 0 Å². The van der Waals surface area contributed by atoms with Gasteiger partial charge in [-0.3, -0.25) is 9.52 Å². The molecule has 32 heavy (non-hydrogen) atoms. The van der Waals surface area contributed by atoms with Crippen LogP contribution in [0.25, 0.3) is 0 Å². The number of anilines is 3. The topological polar surface area (TPSA) is 78.5 Å². The number of carbonyl (C=O) groups excluding carboxylic acids is 1. The summed E-state index contributed by atoms with van der Waals surface area (Å²) in [6, 6.07) is 20.2. The van der Waals surface area contributed by atoms with Gasteiger partial charge in [0, 0.05) is 30.2 Å². The van der Waals surface area contributed by atoms with E-state index in [1.165, 1.54) is 49.6 Å². The molecule has 2 N–H and O–H groups in total. The van der Waals surface area contributed by atoms with Gasteiger partial charge in [-0.25, -0.2) is 8.42 Å². The van der Waals surface area contributed by atoms with Crippen molar-refractivity contribution < 1.29 is 13.2 Å². The van der Waals surface area contributed by atoms with Crippen LogP contribution in [0.3, 0.4) is 0 Å². The molecule has 1 saturated heterocycles. The molecule has 0 spiro atoms. The van der Waals surface area contributed by atoms with E-state index in [1.54, 1.807) is 18.2 Å². The molecule has 0 atom stereocenters. The first-order valence-corrected chi connectivity index (χ1v) is 12.3. The summed E-state index contributed by atoms with van der Waals surface area (Å²) in [7, 11) is -3.77. The molecule has 1 aliphatic heterocycles. The average Bonchev–Trinajstić information content (AvgIpc) is 2.82. The van der Waals surface area contributed by atoms with Gasteiger partial charge in [-0.2, -0.15) is 0 Å². The molecule has 3 aromatic carbocycles. The van der Waals surface area contributed by atoms with Gasteiger partial charge in [0.1, 0.15) is 0 Å². The molecule has 8 heteroatoms. The molecule has 0 saturated carbocycles. The molecule has 0 aromatic heterocycles. The zero-order valence-corrected chi connectivity index (χ0v) is 19.0. The monoisotopic (exact) mass is 469 g/mol. The van der Waals surface area contributed by atoms with E-state index in [9.17, 15) is 13.2 Å². The van der Waals surface area contributed by atoms with E-state index in [4.69, 9.17) is 11.6 Å². The third kappa shape index (κ3) is 5.23. The van der Waals surface area contributed by atoms with Gasteiger partial charge in [0.25, 0.3) is 15.9 Å². The van der Waals surface area contributed by atoms with Gasteiger partial charge in [0.05, 0.1) is 15.5 Å². The highest BCUT2D eigenvalue weighted by atomic mass is 35.5. The lowest BCUT2D eigenvalue weighted by Crippen LogP contribution is -2.29. The number of nitrogens with zero attached hydrogens (tertiary/aromatic N) is 1. The molecule has 0 bridgehead atoms. The second kappa shape index (κ2) is 9.63. The highest BCUT2D eigenvalue weighted by Gasteiger charge is 2.17. The van der Waals surface area contributed by atoms with Gasteiger partial charge in [-0.05, 0) is 73.9 Å². The van der Waals surface area contributed by atoms with Crippen LogP contribution in [0.4, 0.5) is 17.1 Å². The third-order valence-corrected chi connectivity index (χ3v) is 7.09.